The molecule has 116 valence electrons. The van der Waals surface area contributed by atoms with Crippen molar-refractivity contribution >= 4 is 23.2 Å². The lowest BCUT2D eigenvalue weighted by Gasteiger charge is -2.33. The van der Waals surface area contributed by atoms with Crippen LogP contribution >= 0.6 is 11.6 Å². The van der Waals surface area contributed by atoms with Crippen LogP contribution in [0.4, 0.5) is 5.69 Å². The number of nitrogens with one attached hydrogen (secondary N) is 1. The fraction of sp³-hybridized carbons (Fsp3) is 0.562. The Hall–Kier alpha value is -1.26. The highest BCUT2D eigenvalue weighted by atomic mass is 35.5. The van der Waals surface area contributed by atoms with Gasteiger partial charge in [0.15, 0.2) is 0 Å². The topological polar surface area (TPSA) is 35.6 Å². The summed E-state index contributed by atoms with van der Waals surface area (Å²) < 4.78 is 0. The largest absolute Gasteiger partial charge is 0.382 e. The Kier molecular flexibility index (Phi) is 5.48. The molecule has 0 spiro atoms. The third kappa shape index (κ3) is 4.35. The van der Waals surface area contributed by atoms with Crippen LogP contribution in [-0.2, 0) is 4.79 Å². The van der Waals surface area contributed by atoms with E-state index in [-0.39, 0.29) is 5.91 Å². The molecule has 0 unspecified atom stereocenters. The van der Waals surface area contributed by atoms with E-state index < -0.39 is 0 Å². The maximum atomic E-state index is 11.7. The number of amides is 1. The SMILES string of the molecule is Cc1c(Cl)cccc1NC1CCN(CC(=O)N(C)C)CC1. The molecule has 0 aromatic heterocycles. The molecule has 1 aromatic rings. The number of benzene rings is 1. The lowest BCUT2D eigenvalue weighted by Crippen LogP contribution is -2.44. The Morgan fingerprint density at radius 1 is 1.38 bits per heavy atom. The van der Waals surface area contributed by atoms with Gasteiger partial charge in [-0.05, 0) is 37.5 Å². The summed E-state index contributed by atoms with van der Waals surface area (Å²) in [4.78, 5) is 15.6. The highest BCUT2D eigenvalue weighted by molar-refractivity contribution is 6.31. The number of nitrogens with zero attached hydrogens (tertiary/aromatic N) is 2. The van der Waals surface area contributed by atoms with Gasteiger partial charge in [-0.3, -0.25) is 9.69 Å². The Morgan fingerprint density at radius 2 is 2.05 bits per heavy atom. The fourth-order valence-corrected chi connectivity index (χ4v) is 2.73. The van der Waals surface area contributed by atoms with Crippen molar-refractivity contribution in [1.29, 1.82) is 0 Å². The molecule has 4 nitrogen and oxygen atoms in total. The van der Waals surface area contributed by atoms with Gasteiger partial charge in [0.05, 0.1) is 6.54 Å². The van der Waals surface area contributed by atoms with Crippen LogP contribution < -0.4 is 5.32 Å². The zero-order valence-electron chi connectivity index (χ0n) is 13.0. The molecule has 0 radical (unpaired) electrons. The van der Waals surface area contributed by atoms with Gasteiger partial charge >= 0.3 is 0 Å². The van der Waals surface area contributed by atoms with Gasteiger partial charge < -0.3 is 10.2 Å². The predicted octanol–water partition coefficient (Wildman–Crippen LogP) is 2.61. The zero-order chi connectivity index (χ0) is 15.4. The molecule has 0 saturated carbocycles. The summed E-state index contributed by atoms with van der Waals surface area (Å²) in [6.45, 7) is 4.47. The lowest BCUT2D eigenvalue weighted by atomic mass is 10.0. The van der Waals surface area contributed by atoms with Crippen molar-refractivity contribution in [1.82, 2.24) is 9.80 Å². The molecule has 2 rings (SSSR count). The van der Waals surface area contributed by atoms with Gasteiger partial charge in [0, 0.05) is 43.9 Å². The number of hydrogen-bond acceptors (Lipinski definition) is 3. The third-order valence-electron chi connectivity index (χ3n) is 4.07. The zero-order valence-corrected chi connectivity index (χ0v) is 13.8. The minimum atomic E-state index is 0.173. The predicted molar refractivity (Wildman–Crippen MR) is 88.0 cm³/mol. The molecule has 1 amide bonds. The molecule has 1 aromatic carbocycles. The molecule has 0 atom stereocenters. The second-order valence-electron chi connectivity index (χ2n) is 5.90. The Bertz CT molecular complexity index is 496. The number of piperidine rings is 1. The van der Waals surface area contributed by atoms with Crippen molar-refractivity contribution in [2.24, 2.45) is 0 Å². The van der Waals surface area contributed by atoms with E-state index >= 15 is 0 Å². The van der Waals surface area contributed by atoms with Gasteiger partial charge in [-0.1, -0.05) is 17.7 Å². The standard InChI is InChI=1S/C16H24ClN3O/c1-12-14(17)5-4-6-15(12)18-13-7-9-20(10-8-13)11-16(21)19(2)3/h4-6,13,18H,7-11H2,1-3H3. The van der Waals surface area contributed by atoms with Gasteiger partial charge in [0.25, 0.3) is 0 Å². The average molecular weight is 310 g/mol. The van der Waals surface area contributed by atoms with Crippen LogP contribution in [0, 0.1) is 6.92 Å². The number of likely N-dealkylation sites (tertiary alicyclic amines) is 1. The summed E-state index contributed by atoms with van der Waals surface area (Å²) in [5.74, 6) is 0.173. The molecule has 0 bridgehead atoms. The summed E-state index contributed by atoms with van der Waals surface area (Å²) in [6.07, 6.45) is 2.10. The van der Waals surface area contributed by atoms with Crippen molar-refractivity contribution in [2.45, 2.75) is 25.8 Å². The minimum Gasteiger partial charge on any atom is -0.382 e. The van der Waals surface area contributed by atoms with Crippen molar-refractivity contribution in [3.05, 3.63) is 28.8 Å². The first-order chi connectivity index (χ1) is 9.97. The normalized spacial score (nSPS) is 16.8. The van der Waals surface area contributed by atoms with Gasteiger partial charge in [-0.25, -0.2) is 0 Å². The minimum absolute atomic E-state index is 0.173. The van der Waals surface area contributed by atoms with E-state index in [1.165, 1.54) is 0 Å². The third-order valence-corrected chi connectivity index (χ3v) is 4.48. The van der Waals surface area contributed by atoms with Gasteiger partial charge in [0.1, 0.15) is 0 Å². The first-order valence-electron chi connectivity index (χ1n) is 7.41. The van der Waals surface area contributed by atoms with Crippen LogP contribution in [-0.4, -0.2) is 55.5 Å². The Morgan fingerprint density at radius 3 is 2.67 bits per heavy atom. The maximum absolute atomic E-state index is 11.7. The quantitative estimate of drug-likeness (QED) is 0.928. The molecule has 5 heteroatoms. The highest BCUT2D eigenvalue weighted by Crippen LogP contribution is 2.25. The average Bonchev–Trinajstić information content (AvgIpc) is 2.46. The van der Waals surface area contributed by atoms with E-state index in [2.05, 4.69) is 16.3 Å². The molecular weight excluding hydrogens is 286 g/mol. The maximum Gasteiger partial charge on any atom is 0.236 e. The molecule has 1 aliphatic rings. The van der Waals surface area contributed by atoms with Crippen LogP contribution in [0.1, 0.15) is 18.4 Å². The van der Waals surface area contributed by atoms with Crippen LogP contribution in [0.3, 0.4) is 0 Å². The number of anilines is 1. The number of likely N-dealkylation sites (N-methyl/N-ethyl adjacent to an activating group) is 1. The second kappa shape index (κ2) is 7.14. The number of hydrogen-bond donors (Lipinski definition) is 1. The van der Waals surface area contributed by atoms with Crippen molar-refractivity contribution in [2.75, 3.05) is 39.0 Å². The highest BCUT2D eigenvalue weighted by Gasteiger charge is 2.21. The fourth-order valence-electron chi connectivity index (χ4n) is 2.55. The molecule has 21 heavy (non-hydrogen) atoms. The van der Waals surface area contributed by atoms with Gasteiger partial charge in [-0.2, -0.15) is 0 Å². The van der Waals surface area contributed by atoms with Crippen LogP contribution in [0.5, 0.6) is 0 Å². The molecule has 1 aliphatic heterocycles. The number of rotatable bonds is 4. The van der Waals surface area contributed by atoms with Gasteiger partial charge in [-0.15, -0.1) is 0 Å². The van der Waals surface area contributed by atoms with Crippen molar-refractivity contribution < 1.29 is 4.79 Å². The molecule has 1 fully saturated rings. The molecule has 1 N–H and O–H groups in total. The molecule has 1 saturated heterocycles. The van der Waals surface area contributed by atoms with E-state index in [1.807, 2.05) is 19.1 Å². The molecular formula is C16H24ClN3O. The first-order valence-corrected chi connectivity index (χ1v) is 7.79. The van der Waals surface area contributed by atoms with E-state index in [1.54, 1.807) is 19.0 Å². The van der Waals surface area contributed by atoms with Crippen molar-refractivity contribution in [3.63, 3.8) is 0 Å². The summed E-state index contributed by atoms with van der Waals surface area (Å²) in [6, 6.07) is 6.41. The van der Waals surface area contributed by atoms with E-state index in [0.29, 0.717) is 12.6 Å². The van der Waals surface area contributed by atoms with E-state index in [9.17, 15) is 4.79 Å². The van der Waals surface area contributed by atoms with Gasteiger partial charge in [0.2, 0.25) is 5.91 Å². The van der Waals surface area contributed by atoms with E-state index in [4.69, 9.17) is 11.6 Å². The number of carbonyl (C=O) groups is 1. The van der Waals surface area contributed by atoms with Crippen molar-refractivity contribution in [3.8, 4) is 0 Å². The van der Waals surface area contributed by atoms with Crippen LogP contribution in [0.25, 0.3) is 0 Å². The van der Waals surface area contributed by atoms with Crippen LogP contribution in [0.2, 0.25) is 5.02 Å². The smallest absolute Gasteiger partial charge is 0.236 e. The monoisotopic (exact) mass is 309 g/mol. The molecule has 0 aliphatic carbocycles. The summed E-state index contributed by atoms with van der Waals surface area (Å²) in [5, 5.41) is 4.38. The van der Waals surface area contributed by atoms with E-state index in [0.717, 1.165) is 42.2 Å². The second-order valence-corrected chi connectivity index (χ2v) is 6.30. The first kappa shape index (κ1) is 16.1. The Labute approximate surface area is 132 Å². The number of halogens is 1. The lowest BCUT2D eigenvalue weighted by molar-refractivity contribution is -0.130. The van der Waals surface area contributed by atoms with Crippen LogP contribution in [0.15, 0.2) is 18.2 Å². The molecule has 1 heterocycles. The summed E-state index contributed by atoms with van der Waals surface area (Å²) in [5.41, 5.74) is 2.22. The summed E-state index contributed by atoms with van der Waals surface area (Å²) in [7, 11) is 3.61. The Balaban J connectivity index is 1.84. The summed E-state index contributed by atoms with van der Waals surface area (Å²) >= 11 is 6.15. The number of carbonyl (C=O) groups excluding carboxylic acids is 1.